The van der Waals surface area contributed by atoms with Gasteiger partial charge in [-0.3, -0.25) is 4.79 Å². The molecular formula is C17H26O6. The van der Waals surface area contributed by atoms with Crippen molar-refractivity contribution in [1.29, 1.82) is 0 Å². The van der Waals surface area contributed by atoms with Crippen LogP contribution in [0.1, 0.15) is 64.2 Å². The van der Waals surface area contributed by atoms with Gasteiger partial charge in [-0.05, 0) is 51.4 Å². The number of esters is 2. The van der Waals surface area contributed by atoms with Gasteiger partial charge >= 0.3 is 11.9 Å². The summed E-state index contributed by atoms with van der Waals surface area (Å²) in [5.74, 6) is -0.866. The lowest BCUT2D eigenvalue weighted by molar-refractivity contribution is -0.147. The molecule has 0 amide bonds. The number of hydrogen-bond acceptors (Lipinski definition) is 5. The van der Waals surface area contributed by atoms with Gasteiger partial charge in [0, 0.05) is 12.2 Å². The lowest BCUT2D eigenvalue weighted by Gasteiger charge is -2.21. The minimum absolute atomic E-state index is 0.0234. The summed E-state index contributed by atoms with van der Waals surface area (Å²) < 4.78 is 10.6. The molecule has 0 radical (unpaired) electrons. The fraction of sp³-hybridized carbons (Fsp3) is 0.706. The molecule has 0 spiro atoms. The van der Waals surface area contributed by atoms with Crippen LogP contribution in [0.15, 0.2) is 12.2 Å². The fourth-order valence-electron chi connectivity index (χ4n) is 2.91. The summed E-state index contributed by atoms with van der Waals surface area (Å²) in [6.07, 6.45) is 13.1. The molecule has 2 saturated carbocycles. The van der Waals surface area contributed by atoms with Gasteiger partial charge in [-0.25, -0.2) is 9.59 Å². The first kappa shape index (κ1) is 19.2. The molecule has 6 nitrogen and oxygen atoms in total. The molecule has 23 heavy (non-hydrogen) atoms. The minimum atomic E-state index is -0.433. The number of carbonyl (C=O) groups is 3. The Kier molecular flexibility index (Phi) is 9.75. The molecule has 0 bridgehead atoms. The van der Waals surface area contributed by atoms with E-state index in [2.05, 4.69) is 0 Å². The number of ether oxygens (including phenoxy) is 2. The first-order chi connectivity index (χ1) is 11.2. The predicted octanol–water partition coefficient (Wildman–Crippen LogP) is 3.00. The van der Waals surface area contributed by atoms with Crippen LogP contribution in [0.5, 0.6) is 0 Å². The van der Waals surface area contributed by atoms with Gasteiger partial charge in [-0.2, -0.15) is 0 Å². The van der Waals surface area contributed by atoms with E-state index in [1.54, 1.807) is 0 Å². The lowest BCUT2D eigenvalue weighted by Crippen LogP contribution is -2.21. The van der Waals surface area contributed by atoms with Gasteiger partial charge in [-0.1, -0.05) is 12.8 Å². The summed E-state index contributed by atoms with van der Waals surface area (Å²) in [6.45, 7) is -0.250. The van der Waals surface area contributed by atoms with E-state index in [1.807, 2.05) is 0 Å². The average molecular weight is 326 g/mol. The molecule has 0 heterocycles. The highest BCUT2D eigenvalue weighted by atomic mass is 16.5. The largest absolute Gasteiger partial charge is 0.483 e. The van der Waals surface area contributed by atoms with Gasteiger partial charge in [-0.15, -0.1) is 0 Å². The molecule has 0 aromatic heterocycles. The Balaban J connectivity index is 0.000000816. The SMILES string of the molecule is O=C(/C=C\C(=O)OC1CCCCC1)OC1CCCCC1.O=CO. The van der Waals surface area contributed by atoms with E-state index in [0.29, 0.717) is 0 Å². The summed E-state index contributed by atoms with van der Waals surface area (Å²) >= 11 is 0. The van der Waals surface area contributed by atoms with Crippen LogP contribution >= 0.6 is 0 Å². The van der Waals surface area contributed by atoms with Crippen LogP contribution in [0, 0.1) is 0 Å². The number of carboxylic acid groups (broad SMARTS) is 1. The quantitative estimate of drug-likeness (QED) is 0.485. The molecule has 2 fully saturated rings. The summed E-state index contributed by atoms with van der Waals surface area (Å²) in [4.78, 5) is 31.5. The molecule has 0 unspecified atom stereocenters. The monoisotopic (exact) mass is 326 g/mol. The zero-order valence-corrected chi connectivity index (χ0v) is 13.4. The van der Waals surface area contributed by atoms with Gasteiger partial charge in [0.2, 0.25) is 0 Å². The molecule has 0 aliphatic heterocycles. The van der Waals surface area contributed by atoms with E-state index < -0.39 is 11.9 Å². The van der Waals surface area contributed by atoms with Crippen molar-refractivity contribution in [2.24, 2.45) is 0 Å². The van der Waals surface area contributed by atoms with Gasteiger partial charge in [0.1, 0.15) is 12.2 Å². The topological polar surface area (TPSA) is 89.9 Å². The molecular weight excluding hydrogens is 300 g/mol. The van der Waals surface area contributed by atoms with Crippen molar-refractivity contribution in [3.8, 4) is 0 Å². The van der Waals surface area contributed by atoms with E-state index >= 15 is 0 Å². The lowest BCUT2D eigenvalue weighted by atomic mass is 9.98. The van der Waals surface area contributed by atoms with Crippen LogP contribution in [-0.2, 0) is 23.9 Å². The molecule has 130 valence electrons. The Morgan fingerprint density at radius 2 is 1.04 bits per heavy atom. The first-order valence-corrected chi connectivity index (χ1v) is 8.33. The van der Waals surface area contributed by atoms with E-state index in [1.165, 1.54) is 25.0 Å². The van der Waals surface area contributed by atoms with Crippen molar-refractivity contribution in [2.45, 2.75) is 76.4 Å². The Morgan fingerprint density at radius 3 is 1.35 bits per heavy atom. The molecule has 2 aliphatic carbocycles. The second-order valence-electron chi connectivity index (χ2n) is 5.83. The van der Waals surface area contributed by atoms with E-state index in [9.17, 15) is 9.59 Å². The first-order valence-electron chi connectivity index (χ1n) is 8.33. The summed E-state index contributed by atoms with van der Waals surface area (Å²) in [5.41, 5.74) is 0. The van der Waals surface area contributed by atoms with Crippen molar-refractivity contribution in [2.75, 3.05) is 0 Å². The molecule has 0 atom stereocenters. The normalized spacial score (nSPS) is 19.5. The predicted molar refractivity (Wildman–Crippen MR) is 83.8 cm³/mol. The van der Waals surface area contributed by atoms with Crippen molar-refractivity contribution in [3.05, 3.63) is 12.2 Å². The zero-order chi connectivity index (χ0) is 16.9. The average Bonchev–Trinajstić information content (AvgIpc) is 2.56. The summed E-state index contributed by atoms with van der Waals surface area (Å²) in [6, 6.07) is 0. The highest BCUT2D eigenvalue weighted by Gasteiger charge is 2.18. The van der Waals surface area contributed by atoms with Crippen LogP contribution in [0.4, 0.5) is 0 Å². The zero-order valence-electron chi connectivity index (χ0n) is 13.4. The minimum Gasteiger partial charge on any atom is -0.483 e. The maximum Gasteiger partial charge on any atom is 0.331 e. The molecule has 1 N–H and O–H groups in total. The molecule has 2 aliphatic rings. The van der Waals surface area contributed by atoms with E-state index in [-0.39, 0.29) is 18.7 Å². The van der Waals surface area contributed by atoms with Gasteiger partial charge < -0.3 is 14.6 Å². The Bertz CT molecular complexity index is 358. The van der Waals surface area contributed by atoms with Crippen molar-refractivity contribution >= 4 is 18.4 Å². The molecule has 2 rings (SSSR count). The maximum atomic E-state index is 11.6. The Morgan fingerprint density at radius 1 is 0.739 bits per heavy atom. The van der Waals surface area contributed by atoms with Crippen LogP contribution in [-0.4, -0.2) is 35.7 Å². The molecule has 6 heteroatoms. The Labute approximate surface area is 136 Å². The summed E-state index contributed by atoms with van der Waals surface area (Å²) in [5, 5.41) is 6.89. The molecule has 0 saturated heterocycles. The second kappa shape index (κ2) is 11.7. The van der Waals surface area contributed by atoms with E-state index in [4.69, 9.17) is 19.4 Å². The van der Waals surface area contributed by atoms with Crippen LogP contribution < -0.4 is 0 Å². The highest BCUT2D eigenvalue weighted by Crippen LogP contribution is 2.21. The molecule has 0 aromatic rings. The van der Waals surface area contributed by atoms with Gasteiger partial charge in [0.25, 0.3) is 6.47 Å². The number of carbonyl (C=O) groups excluding carboxylic acids is 2. The second-order valence-corrected chi connectivity index (χ2v) is 5.83. The number of rotatable bonds is 4. The maximum absolute atomic E-state index is 11.6. The van der Waals surface area contributed by atoms with Crippen molar-refractivity contribution in [1.82, 2.24) is 0 Å². The summed E-state index contributed by atoms with van der Waals surface area (Å²) in [7, 11) is 0. The van der Waals surface area contributed by atoms with E-state index in [0.717, 1.165) is 51.4 Å². The number of hydrogen-bond donors (Lipinski definition) is 1. The van der Waals surface area contributed by atoms with Crippen molar-refractivity contribution < 1.29 is 29.0 Å². The Hall–Kier alpha value is -1.85. The fourth-order valence-corrected chi connectivity index (χ4v) is 2.91. The standard InChI is InChI=1S/C16H24O4.CH2O2/c17-15(19-13-7-3-1-4-8-13)11-12-16(18)20-14-9-5-2-6-10-14;2-1-3/h11-14H,1-10H2;1H,(H,2,3)/b12-11-;. The molecule has 0 aromatic carbocycles. The van der Waals surface area contributed by atoms with Crippen LogP contribution in [0.25, 0.3) is 0 Å². The van der Waals surface area contributed by atoms with Crippen molar-refractivity contribution in [3.63, 3.8) is 0 Å². The van der Waals surface area contributed by atoms with Crippen LogP contribution in [0.3, 0.4) is 0 Å². The van der Waals surface area contributed by atoms with Gasteiger partial charge in [0.15, 0.2) is 0 Å². The third kappa shape index (κ3) is 9.01. The third-order valence-corrected chi connectivity index (χ3v) is 4.03. The highest BCUT2D eigenvalue weighted by molar-refractivity contribution is 5.91. The smallest absolute Gasteiger partial charge is 0.331 e. The third-order valence-electron chi connectivity index (χ3n) is 4.03. The van der Waals surface area contributed by atoms with Crippen LogP contribution in [0.2, 0.25) is 0 Å². The van der Waals surface area contributed by atoms with Gasteiger partial charge in [0.05, 0.1) is 0 Å².